The molecule has 2 amide bonds. The number of hydrogen-bond acceptors (Lipinski definition) is 3. The number of amides is 2. The summed E-state index contributed by atoms with van der Waals surface area (Å²) >= 11 is 5.89. The van der Waals surface area contributed by atoms with Crippen LogP contribution in [0.15, 0.2) is 24.3 Å². The van der Waals surface area contributed by atoms with Gasteiger partial charge < -0.3 is 15.2 Å². The van der Waals surface area contributed by atoms with Crippen molar-refractivity contribution in [1.29, 1.82) is 0 Å². The van der Waals surface area contributed by atoms with Crippen LogP contribution < -0.4 is 10.6 Å². The quantitative estimate of drug-likeness (QED) is 0.560. The first-order valence-electron chi connectivity index (χ1n) is 8.49. The van der Waals surface area contributed by atoms with Gasteiger partial charge >= 0.3 is 6.18 Å². The van der Waals surface area contributed by atoms with Gasteiger partial charge in [0.2, 0.25) is 0 Å². The molecule has 0 bridgehead atoms. The van der Waals surface area contributed by atoms with Crippen LogP contribution >= 0.6 is 11.6 Å². The minimum atomic E-state index is -4.68. The van der Waals surface area contributed by atoms with Crippen molar-refractivity contribution in [3.8, 4) is 0 Å². The van der Waals surface area contributed by atoms with Crippen LogP contribution in [0.5, 0.6) is 0 Å². The standard InChI is InChI=1S/C19H19ClF3N3O3/c1-9-14(17(28)25-13-7-5-6-12(20)8-13)10(2)26(4)15(9)16(27)18(29)24-11(3)19(21,22)23/h5-8,11H,1-4H3,(H,24,29)(H,25,28)/t11-/m1/s1. The van der Waals surface area contributed by atoms with Gasteiger partial charge in [0.05, 0.1) is 11.3 Å². The fourth-order valence-electron chi connectivity index (χ4n) is 2.85. The predicted molar refractivity (Wildman–Crippen MR) is 102 cm³/mol. The van der Waals surface area contributed by atoms with Crippen molar-refractivity contribution >= 4 is 34.9 Å². The second-order valence-corrected chi connectivity index (χ2v) is 6.96. The summed E-state index contributed by atoms with van der Waals surface area (Å²) in [6.07, 6.45) is -4.68. The zero-order valence-electron chi connectivity index (χ0n) is 16.1. The van der Waals surface area contributed by atoms with Gasteiger partial charge in [-0.3, -0.25) is 14.4 Å². The monoisotopic (exact) mass is 429 g/mol. The molecule has 0 spiro atoms. The molecule has 6 nitrogen and oxygen atoms in total. The molecule has 0 radical (unpaired) electrons. The van der Waals surface area contributed by atoms with E-state index in [1.54, 1.807) is 30.4 Å². The zero-order valence-corrected chi connectivity index (χ0v) is 16.8. The summed E-state index contributed by atoms with van der Waals surface area (Å²) in [5.41, 5.74) is 0.972. The van der Waals surface area contributed by atoms with E-state index in [2.05, 4.69) is 5.32 Å². The Labute approximate surface area is 170 Å². The average molecular weight is 430 g/mol. The molecule has 0 aliphatic rings. The largest absolute Gasteiger partial charge is 0.408 e. The highest BCUT2D eigenvalue weighted by Crippen LogP contribution is 2.24. The SMILES string of the molecule is Cc1c(C(=O)Nc2cccc(Cl)c2)c(C)n(C)c1C(=O)C(=O)N[C@H](C)C(F)(F)F. The topological polar surface area (TPSA) is 80.2 Å². The van der Waals surface area contributed by atoms with Gasteiger partial charge in [-0.2, -0.15) is 13.2 Å². The van der Waals surface area contributed by atoms with E-state index < -0.39 is 29.8 Å². The number of halogens is 4. The van der Waals surface area contributed by atoms with Crippen LogP contribution in [0.3, 0.4) is 0 Å². The third-order valence-electron chi connectivity index (χ3n) is 4.50. The maximum absolute atomic E-state index is 12.7. The Bertz CT molecular complexity index is 983. The fourth-order valence-corrected chi connectivity index (χ4v) is 3.04. The molecular formula is C19H19ClF3N3O3. The molecule has 156 valence electrons. The summed E-state index contributed by atoms with van der Waals surface area (Å²) in [6.45, 7) is 3.75. The average Bonchev–Trinajstić information content (AvgIpc) is 2.82. The summed E-state index contributed by atoms with van der Waals surface area (Å²) in [6, 6.07) is 4.24. The van der Waals surface area contributed by atoms with Crippen LogP contribution in [0.2, 0.25) is 5.02 Å². The number of nitrogens with one attached hydrogen (secondary N) is 2. The highest BCUT2D eigenvalue weighted by atomic mass is 35.5. The Morgan fingerprint density at radius 3 is 2.34 bits per heavy atom. The summed E-state index contributed by atoms with van der Waals surface area (Å²) in [4.78, 5) is 37.2. The molecule has 0 aliphatic heterocycles. The number of rotatable bonds is 5. The van der Waals surface area contributed by atoms with Crippen molar-refractivity contribution in [2.24, 2.45) is 7.05 Å². The maximum atomic E-state index is 12.7. The van der Waals surface area contributed by atoms with Crippen molar-refractivity contribution in [3.63, 3.8) is 0 Å². The Balaban J connectivity index is 2.33. The minimum absolute atomic E-state index is 0.146. The maximum Gasteiger partial charge on any atom is 0.408 e. The molecule has 0 saturated carbocycles. The normalized spacial score (nSPS) is 12.4. The number of ketones is 1. The second-order valence-electron chi connectivity index (χ2n) is 6.52. The van der Waals surface area contributed by atoms with Crippen molar-refractivity contribution in [3.05, 3.63) is 51.8 Å². The van der Waals surface area contributed by atoms with Gasteiger partial charge in [0.15, 0.2) is 0 Å². The Hall–Kier alpha value is -2.81. The summed E-state index contributed by atoms with van der Waals surface area (Å²) in [5.74, 6) is -3.10. The van der Waals surface area contributed by atoms with Gasteiger partial charge in [0, 0.05) is 23.5 Å². The molecule has 2 rings (SSSR count). The molecule has 10 heteroatoms. The Kier molecular flexibility index (Phi) is 6.42. The molecule has 0 unspecified atom stereocenters. The molecule has 29 heavy (non-hydrogen) atoms. The van der Waals surface area contributed by atoms with Crippen molar-refractivity contribution in [2.75, 3.05) is 5.32 Å². The molecule has 1 atom stereocenters. The van der Waals surface area contributed by atoms with Crippen molar-refractivity contribution in [2.45, 2.75) is 33.0 Å². The van der Waals surface area contributed by atoms with Crippen LogP contribution in [-0.2, 0) is 11.8 Å². The number of nitrogens with zero attached hydrogens (tertiary/aromatic N) is 1. The number of carbonyl (C=O) groups excluding carboxylic acids is 3. The highest BCUT2D eigenvalue weighted by molar-refractivity contribution is 6.43. The van der Waals surface area contributed by atoms with Gasteiger partial charge in [0.25, 0.3) is 17.6 Å². The molecule has 2 aromatic rings. The lowest BCUT2D eigenvalue weighted by atomic mass is 10.1. The molecular weight excluding hydrogens is 411 g/mol. The van der Waals surface area contributed by atoms with Crippen molar-refractivity contribution in [1.82, 2.24) is 9.88 Å². The predicted octanol–water partition coefficient (Wildman–Crippen LogP) is 3.80. The summed E-state index contributed by atoms with van der Waals surface area (Å²) in [5, 5.41) is 4.69. The highest BCUT2D eigenvalue weighted by Gasteiger charge is 2.39. The zero-order chi connectivity index (χ0) is 22.1. The number of carbonyl (C=O) groups is 3. The Morgan fingerprint density at radius 1 is 1.17 bits per heavy atom. The Morgan fingerprint density at radius 2 is 1.79 bits per heavy atom. The van der Waals surface area contributed by atoms with Gasteiger partial charge in [-0.05, 0) is 44.5 Å². The number of benzene rings is 1. The summed E-state index contributed by atoms with van der Waals surface area (Å²) in [7, 11) is 1.45. The van der Waals surface area contributed by atoms with E-state index in [4.69, 9.17) is 11.6 Å². The van der Waals surface area contributed by atoms with Crippen LogP contribution in [0, 0.1) is 13.8 Å². The first-order valence-corrected chi connectivity index (χ1v) is 8.87. The van der Waals surface area contributed by atoms with Gasteiger partial charge in [-0.25, -0.2) is 0 Å². The van der Waals surface area contributed by atoms with E-state index in [0.717, 1.165) is 6.92 Å². The second kappa shape index (κ2) is 8.28. The molecule has 2 N–H and O–H groups in total. The number of anilines is 1. The summed E-state index contributed by atoms with van der Waals surface area (Å²) < 4.78 is 39.3. The van der Waals surface area contributed by atoms with Crippen molar-refractivity contribution < 1.29 is 27.6 Å². The molecule has 1 aromatic carbocycles. The van der Waals surface area contributed by atoms with Gasteiger partial charge in [-0.1, -0.05) is 17.7 Å². The number of aromatic nitrogens is 1. The number of Topliss-reactive ketones (excluding diaryl/α,β-unsaturated/α-hetero) is 1. The van der Waals surface area contributed by atoms with Gasteiger partial charge in [-0.15, -0.1) is 0 Å². The smallest absolute Gasteiger partial charge is 0.344 e. The molecule has 0 saturated heterocycles. The van der Waals surface area contributed by atoms with Crippen LogP contribution in [-0.4, -0.2) is 34.4 Å². The van der Waals surface area contributed by atoms with E-state index in [1.165, 1.54) is 24.6 Å². The lowest BCUT2D eigenvalue weighted by Gasteiger charge is -2.16. The number of alkyl halides is 3. The molecule has 0 fully saturated rings. The lowest BCUT2D eigenvalue weighted by Crippen LogP contribution is -2.46. The first kappa shape index (κ1) is 22.5. The fraction of sp³-hybridized carbons (Fsp3) is 0.316. The molecule has 0 aliphatic carbocycles. The minimum Gasteiger partial charge on any atom is -0.344 e. The van der Waals surface area contributed by atoms with Crippen LogP contribution in [0.4, 0.5) is 18.9 Å². The first-order chi connectivity index (χ1) is 13.3. The lowest BCUT2D eigenvalue weighted by molar-refractivity contribution is -0.156. The van der Waals surface area contributed by atoms with Crippen LogP contribution in [0.25, 0.3) is 0 Å². The third kappa shape index (κ3) is 4.79. The third-order valence-corrected chi connectivity index (χ3v) is 4.74. The van der Waals surface area contributed by atoms with Crippen LogP contribution in [0.1, 0.15) is 39.0 Å². The number of hydrogen-bond donors (Lipinski definition) is 2. The molecule has 1 heterocycles. The van der Waals surface area contributed by atoms with E-state index in [-0.39, 0.29) is 16.8 Å². The van der Waals surface area contributed by atoms with Gasteiger partial charge in [0.1, 0.15) is 6.04 Å². The van der Waals surface area contributed by atoms with E-state index in [1.807, 2.05) is 0 Å². The molecule has 1 aromatic heterocycles. The van der Waals surface area contributed by atoms with E-state index >= 15 is 0 Å². The van der Waals surface area contributed by atoms with E-state index in [9.17, 15) is 27.6 Å². The van der Waals surface area contributed by atoms with E-state index in [0.29, 0.717) is 16.4 Å².